The summed E-state index contributed by atoms with van der Waals surface area (Å²) in [6.45, 7) is 1.08. The van der Waals surface area contributed by atoms with Crippen LogP contribution in [0.15, 0.2) is 29.2 Å². The fourth-order valence-corrected chi connectivity index (χ4v) is 4.71. The van der Waals surface area contributed by atoms with Crippen LogP contribution in [0.25, 0.3) is 0 Å². The molecule has 1 fully saturated rings. The van der Waals surface area contributed by atoms with Crippen LogP contribution in [0.2, 0.25) is 0 Å². The molecule has 0 saturated heterocycles. The van der Waals surface area contributed by atoms with Crippen molar-refractivity contribution < 1.29 is 5.11 Å². The van der Waals surface area contributed by atoms with Crippen molar-refractivity contribution in [2.45, 2.75) is 48.6 Å². The van der Waals surface area contributed by atoms with Crippen molar-refractivity contribution in [3.63, 3.8) is 0 Å². The summed E-state index contributed by atoms with van der Waals surface area (Å²) in [5.41, 5.74) is 1.50. The summed E-state index contributed by atoms with van der Waals surface area (Å²) in [7, 11) is 2.19. The van der Waals surface area contributed by atoms with Crippen LogP contribution in [0.4, 0.5) is 0 Å². The maximum Gasteiger partial charge on any atom is 0.0695 e. The average Bonchev–Trinajstić information content (AvgIpc) is 2.83. The number of hydrogen-bond donors (Lipinski definition) is 1. The first-order valence-electron chi connectivity index (χ1n) is 7.35. The highest BCUT2D eigenvalue weighted by atomic mass is 32.2. The minimum atomic E-state index is -0.122. The zero-order chi connectivity index (χ0) is 13.2. The molecule has 1 aromatic carbocycles. The van der Waals surface area contributed by atoms with Gasteiger partial charge in [0.1, 0.15) is 0 Å². The van der Waals surface area contributed by atoms with Crippen molar-refractivity contribution in [1.29, 1.82) is 0 Å². The lowest BCUT2D eigenvalue weighted by atomic mass is 9.90. The molecule has 1 aliphatic carbocycles. The van der Waals surface area contributed by atoms with Gasteiger partial charge in [-0.15, -0.1) is 11.8 Å². The largest absolute Gasteiger partial charge is 0.391 e. The van der Waals surface area contributed by atoms with Crippen LogP contribution in [-0.4, -0.2) is 41.5 Å². The van der Waals surface area contributed by atoms with Crippen LogP contribution in [0.5, 0.6) is 0 Å². The molecule has 2 aliphatic rings. The van der Waals surface area contributed by atoms with Crippen molar-refractivity contribution in [1.82, 2.24) is 4.90 Å². The average molecular weight is 277 g/mol. The number of thioether (sulfide) groups is 1. The van der Waals surface area contributed by atoms with Gasteiger partial charge < -0.3 is 10.0 Å². The number of aliphatic hydroxyl groups excluding tert-OH is 1. The number of nitrogens with zero attached hydrogens (tertiary/aromatic N) is 1. The molecular weight excluding hydrogens is 254 g/mol. The Hall–Kier alpha value is -0.510. The van der Waals surface area contributed by atoms with Crippen molar-refractivity contribution in [2.24, 2.45) is 0 Å². The molecule has 3 atom stereocenters. The fourth-order valence-electron chi connectivity index (χ4n) is 3.47. The molecule has 0 amide bonds. The second-order valence-electron chi connectivity index (χ2n) is 5.90. The van der Waals surface area contributed by atoms with Crippen LogP contribution in [0.3, 0.4) is 0 Å². The van der Waals surface area contributed by atoms with Crippen LogP contribution >= 0.6 is 11.8 Å². The third kappa shape index (κ3) is 2.83. The molecule has 3 heteroatoms. The van der Waals surface area contributed by atoms with Crippen LogP contribution < -0.4 is 0 Å². The predicted molar refractivity (Wildman–Crippen MR) is 80.8 cm³/mol. The van der Waals surface area contributed by atoms with E-state index in [-0.39, 0.29) is 6.10 Å². The van der Waals surface area contributed by atoms with Crippen molar-refractivity contribution in [3.05, 3.63) is 29.8 Å². The molecule has 2 nitrogen and oxygen atoms in total. The zero-order valence-electron chi connectivity index (χ0n) is 11.6. The van der Waals surface area contributed by atoms with Gasteiger partial charge in [0.2, 0.25) is 0 Å². The first kappa shape index (κ1) is 13.5. The summed E-state index contributed by atoms with van der Waals surface area (Å²) in [6.07, 6.45) is 4.46. The maximum atomic E-state index is 10.2. The lowest BCUT2D eigenvalue weighted by molar-refractivity contribution is 0.0305. The number of hydrogen-bond acceptors (Lipinski definition) is 3. The lowest BCUT2D eigenvalue weighted by Gasteiger charge is -2.36. The van der Waals surface area contributed by atoms with Gasteiger partial charge in [-0.3, -0.25) is 0 Å². The van der Waals surface area contributed by atoms with Gasteiger partial charge in [-0.1, -0.05) is 31.0 Å². The van der Waals surface area contributed by atoms with E-state index in [1.807, 2.05) is 11.8 Å². The molecule has 19 heavy (non-hydrogen) atoms. The molecule has 1 aliphatic heterocycles. The predicted octanol–water partition coefficient (Wildman–Crippen LogP) is 3.11. The molecule has 0 bridgehead atoms. The highest BCUT2D eigenvalue weighted by Crippen LogP contribution is 2.40. The highest BCUT2D eigenvalue weighted by Gasteiger charge is 2.30. The van der Waals surface area contributed by atoms with E-state index in [1.165, 1.54) is 29.1 Å². The van der Waals surface area contributed by atoms with Crippen molar-refractivity contribution in [2.75, 3.05) is 19.3 Å². The summed E-state index contributed by atoms with van der Waals surface area (Å²) in [5, 5.41) is 10.2. The molecule has 3 unspecified atom stereocenters. The Kier molecular flexibility index (Phi) is 4.15. The van der Waals surface area contributed by atoms with Crippen LogP contribution in [0, 0.1) is 0 Å². The Bertz CT molecular complexity index is 437. The molecule has 1 saturated carbocycles. The summed E-state index contributed by atoms with van der Waals surface area (Å²) in [6, 6.07) is 9.14. The monoisotopic (exact) mass is 277 g/mol. The Morgan fingerprint density at radius 2 is 2.05 bits per heavy atom. The van der Waals surface area contributed by atoms with E-state index in [0.29, 0.717) is 12.0 Å². The Labute approximate surface area is 120 Å². The van der Waals surface area contributed by atoms with Gasteiger partial charge in [-0.2, -0.15) is 0 Å². The van der Waals surface area contributed by atoms with E-state index < -0.39 is 0 Å². The van der Waals surface area contributed by atoms with Gasteiger partial charge in [-0.25, -0.2) is 0 Å². The Morgan fingerprint density at radius 3 is 2.89 bits per heavy atom. The van der Waals surface area contributed by atoms with Gasteiger partial charge in [0.05, 0.1) is 6.10 Å². The zero-order valence-corrected chi connectivity index (χ0v) is 12.4. The molecule has 0 aromatic heterocycles. The lowest BCUT2D eigenvalue weighted by Crippen LogP contribution is -2.44. The molecule has 1 N–H and O–H groups in total. The van der Waals surface area contributed by atoms with Crippen LogP contribution in [-0.2, 0) is 0 Å². The van der Waals surface area contributed by atoms with Gasteiger partial charge in [0.25, 0.3) is 0 Å². The normalized spacial score (nSPS) is 30.6. The van der Waals surface area contributed by atoms with Gasteiger partial charge >= 0.3 is 0 Å². The van der Waals surface area contributed by atoms with E-state index in [4.69, 9.17) is 0 Å². The second-order valence-corrected chi connectivity index (χ2v) is 6.97. The molecule has 1 aromatic rings. The van der Waals surface area contributed by atoms with Crippen molar-refractivity contribution >= 4 is 11.8 Å². The Morgan fingerprint density at radius 1 is 1.26 bits per heavy atom. The Balaban J connectivity index is 1.66. The topological polar surface area (TPSA) is 23.5 Å². The van der Waals surface area contributed by atoms with Crippen LogP contribution in [0.1, 0.15) is 37.2 Å². The van der Waals surface area contributed by atoms with Gasteiger partial charge in [0, 0.05) is 29.2 Å². The van der Waals surface area contributed by atoms with Gasteiger partial charge in [0.15, 0.2) is 0 Å². The SMILES string of the molecule is CN(CC1CSc2ccccc21)C1CCCCC1O. The first-order chi connectivity index (χ1) is 9.25. The minimum Gasteiger partial charge on any atom is -0.391 e. The number of rotatable bonds is 3. The first-order valence-corrected chi connectivity index (χ1v) is 8.34. The number of benzene rings is 1. The van der Waals surface area contributed by atoms with E-state index in [0.717, 1.165) is 19.4 Å². The van der Waals surface area contributed by atoms with E-state index in [1.54, 1.807) is 0 Å². The quantitative estimate of drug-likeness (QED) is 0.918. The summed E-state index contributed by atoms with van der Waals surface area (Å²) in [5.74, 6) is 1.81. The highest BCUT2D eigenvalue weighted by molar-refractivity contribution is 7.99. The molecular formula is C16H23NOS. The fraction of sp³-hybridized carbons (Fsp3) is 0.625. The molecule has 0 radical (unpaired) electrons. The number of likely N-dealkylation sites (N-methyl/N-ethyl adjacent to an activating group) is 1. The molecule has 1 heterocycles. The summed E-state index contributed by atoms with van der Waals surface area (Å²) in [4.78, 5) is 3.85. The van der Waals surface area contributed by atoms with Crippen molar-refractivity contribution in [3.8, 4) is 0 Å². The van der Waals surface area contributed by atoms with E-state index in [9.17, 15) is 5.11 Å². The minimum absolute atomic E-state index is 0.122. The second kappa shape index (κ2) is 5.86. The smallest absolute Gasteiger partial charge is 0.0695 e. The van der Waals surface area contributed by atoms with E-state index in [2.05, 4.69) is 36.2 Å². The standard InChI is InChI=1S/C16H23NOS/c1-17(14-7-3-4-8-15(14)18)10-12-11-19-16-9-5-2-6-13(12)16/h2,5-6,9,12,14-15,18H,3-4,7-8,10-11H2,1H3. The van der Waals surface area contributed by atoms with E-state index >= 15 is 0 Å². The third-order valence-corrected chi connectivity index (χ3v) is 5.82. The number of aliphatic hydroxyl groups is 1. The summed E-state index contributed by atoms with van der Waals surface area (Å²) >= 11 is 1.98. The molecule has 3 rings (SSSR count). The number of fused-ring (bicyclic) bond motifs is 1. The summed E-state index contributed by atoms with van der Waals surface area (Å²) < 4.78 is 0. The van der Waals surface area contributed by atoms with Gasteiger partial charge in [-0.05, 0) is 31.5 Å². The molecule has 104 valence electrons. The molecule has 0 spiro atoms. The third-order valence-electron chi connectivity index (χ3n) is 4.57. The maximum absolute atomic E-state index is 10.2.